The van der Waals surface area contributed by atoms with Gasteiger partial charge in [0.25, 0.3) is 0 Å². The molecule has 0 aromatic rings. The lowest BCUT2D eigenvalue weighted by Gasteiger charge is -2.54. The average Bonchev–Trinajstić information content (AvgIpc) is 3.23. The van der Waals surface area contributed by atoms with E-state index in [1.807, 2.05) is 7.05 Å². The summed E-state index contributed by atoms with van der Waals surface area (Å²) in [6.45, 7) is 2.08. The number of nitrogens with zero attached hydrogens (tertiary/aromatic N) is 1. The number of hydrogen-bond donors (Lipinski definition) is 6. The number of ether oxygens (including phenoxy) is 2. The second-order valence-corrected chi connectivity index (χ2v) is 5.72. The van der Waals surface area contributed by atoms with Gasteiger partial charge in [0.1, 0.15) is 12.5 Å². The van der Waals surface area contributed by atoms with Crippen LogP contribution in [0.2, 0.25) is 0 Å². The second-order valence-electron chi connectivity index (χ2n) is 5.72. The molecule has 0 amide bonds. The molecular formula is C10H21N7O2. The van der Waals surface area contributed by atoms with Crippen LogP contribution in [0.1, 0.15) is 6.92 Å². The minimum Gasteiger partial charge on any atom is -0.337 e. The first-order valence-electron chi connectivity index (χ1n) is 6.62. The van der Waals surface area contributed by atoms with Crippen molar-refractivity contribution in [3.8, 4) is 0 Å². The highest BCUT2D eigenvalue weighted by Gasteiger charge is 2.65. The number of rotatable bonds is 2. The molecule has 4 rings (SSSR count). The number of nitrogens with two attached hydrogens (primary N) is 2. The summed E-state index contributed by atoms with van der Waals surface area (Å²) in [6.07, 6.45) is -0.566. The van der Waals surface area contributed by atoms with Crippen LogP contribution in [0.4, 0.5) is 0 Å². The first-order chi connectivity index (χ1) is 9.03. The van der Waals surface area contributed by atoms with Gasteiger partial charge >= 0.3 is 0 Å². The van der Waals surface area contributed by atoms with Crippen LogP contribution in [0.3, 0.4) is 0 Å². The summed E-state index contributed by atoms with van der Waals surface area (Å²) >= 11 is 0. The fourth-order valence-electron chi connectivity index (χ4n) is 3.34. The van der Waals surface area contributed by atoms with Crippen molar-refractivity contribution in [3.05, 3.63) is 0 Å². The molecule has 4 aliphatic rings. The predicted octanol–water partition coefficient (Wildman–Crippen LogP) is -3.72. The Balaban J connectivity index is 1.67. The smallest absolute Gasteiger partial charge is 0.155 e. The molecule has 4 saturated heterocycles. The molecule has 4 fully saturated rings. The first kappa shape index (κ1) is 12.4. The van der Waals surface area contributed by atoms with Crippen molar-refractivity contribution in [2.45, 2.75) is 56.0 Å². The molecule has 0 spiro atoms. The van der Waals surface area contributed by atoms with Crippen molar-refractivity contribution in [2.75, 3.05) is 7.05 Å². The van der Waals surface area contributed by atoms with Gasteiger partial charge < -0.3 is 26.3 Å². The van der Waals surface area contributed by atoms with Crippen LogP contribution in [-0.4, -0.2) is 61.0 Å². The molecule has 8 unspecified atom stereocenters. The molecule has 0 saturated carbocycles. The zero-order chi connectivity index (χ0) is 13.4. The fourth-order valence-corrected chi connectivity index (χ4v) is 3.34. The van der Waals surface area contributed by atoms with E-state index in [0.29, 0.717) is 0 Å². The van der Waals surface area contributed by atoms with Gasteiger partial charge in [-0.05, 0) is 14.0 Å². The van der Waals surface area contributed by atoms with E-state index in [0.717, 1.165) is 0 Å². The number of nitrogens with one attached hydrogen (secondary N) is 4. The van der Waals surface area contributed by atoms with Crippen LogP contribution >= 0.6 is 0 Å². The minimum absolute atomic E-state index is 0.00819. The van der Waals surface area contributed by atoms with E-state index in [-0.39, 0.29) is 49.1 Å². The summed E-state index contributed by atoms with van der Waals surface area (Å²) in [5.41, 5.74) is 11.5. The molecule has 4 heterocycles. The monoisotopic (exact) mass is 271 g/mol. The molecule has 8 atom stereocenters. The third-order valence-electron chi connectivity index (χ3n) is 4.46. The molecule has 0 aromatic heterocycles. The van der Waals surface area contributed by atoms with Gasteiger partial charge in [-0.1, -0.05) is 0 Å². The van der Waals surface area contributed by atoms with Crippen molar-refractivity contribution in [1.29, 1.82) is 0 Å². The van der Waals surface area contributed by atoms with E-state index in [4.69, 9.17) is 20.9 Å². The molecule has 0 bridgehead atoms. The minimum atomic E-state index is -0.370. The van der Waals surface area contributed by atoms with E-state index in [1.165, 1.54) is 0 Å². The molecule has 108 valence electrons. The number of epoxide rings is 2. The molecule has 9 nitrogen and oxygen atoms in total. The second kappa shape index (κ2) is 3.85. The molecule has 0 aliphatic carbocycles. The van der Waals surface area contributed by atoms with Gasteiger partial charge in [0.2, 0.25) is 0 Å². The highest BCUT2D eigenvalue weighted by atomic mass is 16.7. The van der Waals surface area contributed by atoms with Crippen LogP contribution < -0.4 is 32.7 Å². The van der Waals surface area contributed by atoms with Crippen molar-refractivity contribution >= 4 is 0 Å². The molecular weight excluding hydrogens is 250 g/mol. The summed E-state index contributed by atoms with van der Waals surface area (Å²) < 4.78 is 11.1. The highest BCUT2D eigenvalue weighted by Crippen LogP contribution is 2.41. The molecule has 0 aromatic carbocycles. The number of fused-ring (bicyclic) bond motifs is 2. The maximum Gasteiger partial charge on any atom is 0.155 e. The van der Waals surface area contributed by atoms with Gasteiger partial charge in [-0.3, -0.25) is 16.0 Å². The van der Waals surface area contributed by atoms with E-state index in [9.17, 15) is 0 Å². The van der Waals surface area contributed by atoms with E-state index in [1.54, 1.807) is 0 Å². The van der Waals surface area contributed by atoms with Crippen LogP contribution in [0, 0.1) is 0 Å². The number of piperazine rings is 1. The summed E-state index contributed by atoms with van der Waals surface area (Å²) in [5, 5.41) is 13.3. The van der Waals surface area contributed by atoms with E-state index >= 15 is 0 Å². The third-order valence-corrected chi connectivity index (χ3v) is 4.46. The average molecular weight is 271 g/mol. The van der Waals surface area contributed by atoms with Gasteiger partial charge in [-0.15, -0.1) is 0 Å². The van der Waals surface area contributed by atoms with Crippen molar-refractivity contribution in [3.63, 3.8) is 0 Å². The fraction of sp³-hybridized carbons (Fsp3) is 1.00. The lowest BCUT2D eigenvalue weighted by molar-refractivity contribution is -0.0524. The Morgan fingerprint density at radius 2 is 1.95 bits per heavy atom. The first-order valence-corrected chi connectivity index (χ1v) is 6.62. The van der Waals surface area contributed by atoms with Crippen LogP contribution in [0.25, 0.3) is 0 Å². The van der Waals surface area contributed by atoms with E-state index < -0.39 is 0 Å². The number of hydrogen-bond acceptors (Lipinski definition) is 9. The zero-order valence-corrected chi connectivity index (χ0v) is 11.0. The van der Waals surface area contributed by atoms with Crippen LogP contribution in [0.5, 0.6) is 0 Å². The van der Waals surface area contributed by atoms with Gasteiger partial charge in [-0.2, -0.15) is 0 Å². The normalized spacial score (nSPS) is 60.3. The SMILES string of the molecule is CNC1(C)NC(N)NC2NC3OC3N(C3OC3N)C21. The topological polar surface area (TPSA) is 128 Å². The van der Waals surface area contributed by atoms with Crippen molar-refractivity contribution < 1.29 is 9.47 Å². The molecule has 0 radical (unpaired) electrons. The Kier molecular flexibility index (Phi) is 2.51. The van der Waals surface area contributed by atoms with Crippen molar-refractivity contribution in [2.24, 2.45) is 11.5 Å². The lowest BCUT2D eigenvalue weighted by atomic mass is 9.93. The molecule has 4 aliphatic heterocycles. The predicted molar refractivity (Wildman–Crippen MR) is 65.8 cm³/mol. The van der Waals surface area contributed by atoms with E-state index in [2.05, 4.69) is 33.1 Å². The Morgan fingerprint density at radius 1 is 1.21 bits per heavy atom. The van der Waals surface area contributed by atoms with Crippen LogP contribution in [0.15, 0.2) is 0 Å². The Hall–Kier alpha value is -0.360. The summed E-state index contributed by atoms with van der Waals surface area (Å²) in [7, 11) is 1.91. The Morgan fingerprint density at radius 3 is 2.58 bits per heavy atom. The Labute approximate surface area is 111 Å². The quantitative estimate of drug-likeness (QED) is 0.281. The maximum absolute atomic E-state index is 6.00. The van der Waals surface area contributed by atoms with Crippen molar-refractivity contribution in [1.82, 2.24) is 26.2 Å². The summed E-state index contributed by atoms with van der Waals surface area (Å²) in [4.78, 5) is 2.19. The summed E-state index contributed by atoms with van der Waals surface area (Å²) in [5.74, 6) is 0. The third kappa shape index (κ3) is 1.75. The number of likely N-dealkylation sites (N-methyl/N-ethyl adjacent to an activating group) is 1. The van der Waals surface area contributed by atoms with Gasteiger partial charge in [-0.25, -0.2) is 4.90 Å². The van der Waals surface area contributed by atoms with Gasteiger partial charge in [0.15, 0.2) is 18.7 Å². The lowest BCUT2D eigenvalue weighted by Crippen LogP contribution is -2.85. The Bertz CT molecular complexity index is 394. The molecule has 19 heavy (non-hydrogen) atoms. The maximum atomic E-state index is 6.00. The zero-order valence-electron chi connectivity index (χ0n) is 11.0. The molecule has 9 heteroatoms. The molecule has 8 N–H and O–H groups in total. The largest absolute Gasteiger partial charge is 0.337 e. The highest BCUT2D eigenvalue weighted by molar-refractivity contribution is 5.13. The standard InChI is InChI=1S/C10H21N7O2/c1-10(13-2)3-5(15-9(12)16-10)14-6-8(19-6)17(3)7-4(11)18-7/h3-9,13-16H,11-12H2,1-2H3. The van der Waals surface area contributed by atoms with Gasteiger partial charge in [0, 0.05) is 0 Å². The van der Waals surface area contributed by atoms with Gasteiger partial charge in [0.05, 0.1) is 17.9 Å². The summed E-state index contributed by atoms with van der Waals surface area (Å²) in [6, 6.07) is 0.0691. The van der Waals surface area contributed by atoms with Crippen LogP contribution in [-0.2, 0) is 9.47 Å².